The largest absolute Gasteiger partial charge is 0.391 e. The van der Waals surface area contributed by atoms with Gasteiger partial charge in [-0.05, 0) is 25.3 Å². The molecular formula is C14H20ClN3O2. The molecule has 0 spiro atoms. The Kier molecular flexibility index (Phi) is 4.83. The van der Waals surface area contributed by atoms with Crippen LogP contribution in [0.25, 0.3) is 0 Å². The van der Waals surface area contributed by atoms with Gasteiger partial charge >= 0.3 is 0 Å². The molecule has 1 fully saturated rings. The second-order valence-electron chi connectivity index (χ2n) is 5.17. The van der Waals surface area contributed by atoms with Gasteiger partial charge in [-0.1, -0.05) is 18.5 Å². The number of aliphatic hydroxyl groups excluding tert-OH is 1. The second-order valence-corrected chi connectivity index (χ2v) is 5.58. The number of piperidine rings is 1. The predicted molar refractivity (Wildman–Crippen MR) is 79.1 cm³/mol. The van der Waals surface area contributed by atoms with Crippen LogP contribution in [-0.2, 0) is 0 Å². The molecule has 5 nitrogen and oxygen atoms in total. The van der Waals surface area contributed by atoms with Crippen LogP contribution in [0.15, 0.2) is 12.3 Å². The molecule has 1 aromatic rings. The number of β-amino-alcohol motifs (C(OH)–C–C–N with tert-alkyl or cyclic N) is 1. The van der Waals surface area contributed by atoms with E-state index in [-0.39, 0.29) is 11.8 Å². The highest BCUT2D eigenvalue weighted by Gasteiger charge is 2.28. The Bertz CT molecular complexity index is 495. The van der Waals surface area contributed by atoms with Crippen LogP contribution >= 0.6 is 11.6 Å². The molecule has 1 aliphatic heterocycles. The molecule has 2 unspecified atom stereocenters. The fraction of sp³-hybridized carbons (Fsp3) is 0.571. The number of halogens is 1. The summed E-state index contributed by atoms with van der Waals surface area (Å²) in [7, 11) is 0. The summed E-state index contributed by atoms with van der Waals surface area (Å²) in [6.07, 6.45) is 1.87. The van der Waals surface area contributed by atoms with Crippen LogP contribution in [0.2, 0.25) is 5.02 Å². The highest BCUT2D eigenvalue weighted by atomic mass is 35.5. The van der Waals surface area contributed by atoms with Gasteiger partial charge in [-0.2, -0.15) is 0 Å². The number of aliphatic hydroxyl groups is 1. The maximum atomic E-state index is 12.4. The first-order chi connectivity index (χ1) is 9.52. The van der Waals surface area contributed by atoms with Crippen LogP contribution in [0.4, 0.5) is 5.82 Å². The van der Waals surface area contributed by atoms with Crippen molar-refractivity contribution in [2.45, 2.75) is 26.4 Å². The molecule has 2 heterocycles. The minimum Gasteiger partial charge on any atom is -0.391 e. The van der Waals surface area contributed by atoms with Gasteiger partial charge in [0.25, 0.3) is 5.91 Å². The van der Waals surface area contributed by atoms with Crippen molar-refractivity contribution in [1.82, 2.24) is 9.88 Å². The molecule has 1 aliphatic rings. The minimum atomic E-state index is -0.461. The van der Waals surface area contributed by atoms with Gasteiger partial charge in [0.2, 0.25) is 0 Å². The molecule has 0 radical (unpaired) electrons. The van der Waals surface area contributed by atoms with E-state index in [4.69, 9.17) is 11.6 Å². The van der Waals surface area contributed by atoms with Crippen molar-refractivity contribution in [3.8, 4) is 0 Å². The third-order valence-electron chi connectivity index (χ3n) is 3.64. The number of hydrogen-bond acceptors (Lipinski definition) is 4. The monoisotopic (exact) mass is 297 g/mol. The summed E-state index contributed by atoms with van der Waals surface area (Å²) in [6, 6.07) is 1.62. The molecule has 110 valence electrons. The van der Waals surface area contributed by atoms with Crippen LogP contribution in [0.3, 0.4) is 0 Å². The Morgan fingerprint density at radius 3 is 3.00 bits per heavy atom. The number of hydrogen-bond donors (Lipinski definition) is 2. The van der Waals surface area contributed by atoms with Gasteiger partial charge in [-0.25, -0.2) is 4.98 Å². The van der Waals surface area contributed by atoms with Crippen molar-refractivity contribution in [2.24, 2.45) is 5.92 Å². The maximum absolute atomic E-state index is 12.4. The molecule has 1 saturated heterocycles. The molecule has 2 rings (SSSR count). The van der Waals surface area contributed by atoms with Gasteiger partial charge in [0, 0.05) is 25.8 Å². The fourth-order valence-electron chi connectivity index (χ4n) is 2.27. The zero-order valence-electron chi connectivity index (χ0n) is 11.8. The Hall–Kier alpha value is -1.33. The topological polar surface area (TPSA) is 65.5 Å². The molecule has 0 saturated carbocycles. The zero-order valence-corrected chi connectivity index (χ0v) is 12.5. The second kappa shape index (κ2) is 6.41. The highest BCUT2D eigenvalue weighted by Crippen LogP contribution is 2.23. The van der Waals surface area contributed by atoms with E-state index in [0.717, 1.165) is 13.0 Å². The van der Waals surface area contributed by atoms with Crippen LogP contribution in [0, 0.1) is 5.92 Å². The average Bonchev–Trinajstić information content (AvgIpc) is 2.43. The van der Waals surface area contributed by atoms with E-state index in [1.165, 1.54) is 6.20 Å². The normalized spacial score (nSPS) is 22.7. The first kappa shape index (κ1) is 15.1. The van der Waals surface area contributed by atoms with Crippen LogP contribution in [0.5, 0.6) is 0 Å². The van der Waals surface area contributed by atoms with E-state index >= 15 is 0 Å². The Morgan fingerprint density at radius 1 is 1.65 bits per heavy atom. The number of pyridine rings is 1. The van der Waals surface area contributed by atoms with Crippen LogP contribution in [-0.4, -0.2) is 46.6 Å². The van der Waals surface area contributed by atoms with E-state index in [9.17, 15) is 9.90 Å². The first-order valence-corrected chi connectivity index (χ1v) is 7.27. The number of nitrogens with one attached hydrogen (secondary N) is 1. The summed E-state index contributed by atoms with van der Waals surface area (Å²) < 4.78 is 0. The third kappa shape index (κ3) is 3.22. The van der Waals surface area contributed by atoms with Gasteiger partial charge in [0.05, 0.1) is 16.7 Å². The smallest absolute Gasteiger partial charge is 0.255 e. The lowest BCUT2D eigenvalue weighted by Crippen LogP contribution is -2.45. The summed E-state index contributed by atoms with van der Waals surface area (Å²) >= 11 is 6.10. The van der Waals surface area contributed by atoms with E-state index in [2.05, 4.69) is 10.3 Å². The first-order valence-electron chi connectivity index (χ1n) is 6.89. The number of carbonyl (C=O) groups is 1. The van der Waals surface area contributed by atoms with Crippen molar-refractivity contribution in [1.29, 1.82) is 0 Å². The van der Waals surface area contributed by atoms with Gasteiger partial charge in [0.15, 0.2) is 0 Å². The number of rotatable bonds is 3. The standard InChI is InChI=1S/C14H20ClN3O2/c1-3-16-13-11(15)6-10(7-17-13)14(20)18-5-4-9(2)12(19)8-18/h6-7,9,12,19H,3-5,8H2,1-2H3,(H,16,17). The number of anilines is 1. The number of likely N-dealkylation sites (tertiary alicyclic amines) is 1. The third-order valence-corrected chi connectivity index (χ3v) is 3.93. The summed E-state index contributed by atoms with van der Waals surface area (Å²) in [5, 5.41) is 13.3. The maximum Gasteiger partial charge on any atom is 0.255 e. The van der Waals surface area contributed by atoms with Gasteiger partial charge in [-0.3, -0.25) is 4.79 Å². The molecule has 1 amide bonds. The highest BCUT2D eigenvalue weighted by molar-refractivity contribution is 6.33. The molecule has 20 heavy (non-hydrogen) atoms. The number of amides is 1. The van der Waals surface area contributed by atoms with Crippen LogP contribution < -0.4 is 5.32 Å². The van der Waals surface area contributed by atoms with Crippen molar-refractivity contribution in [2.75, 3.05) is 25.0 Å². The van der Waals surface area contributed by atoms with Crippen LogP contribution in [0.1, 0.15) is 30.6 Å². The summed E-state index contributed by atoms with van der Waals surface area (Å²) in [6.45, 7) is 5.69. The van der Waals surface area contributed by atoms with Gasteiger partial charge in [0.1, 0.15) is 5.82 Å². The van der Waals surface area contributed by atoms with E-state index in [1.54, 1.807) is 11.0 Å². The Morgan fingerprint density at radius 2 is 2.40 bits per heavy atom. The molecule has 2 atom stereocenters. The van der Waals surface area contributed by atoms with Crippen molar-refractivity contribution >= 4 is 23.3 Å². The summed E-state index contributed by atoms with van der Waals surface area (Å²) in [5.74, 6) is 0.684. The van der Waals surface area contributed by atoms with Crippen molar-refractivity contribution < 1.29 is 9.90 Å². The SMILES string of the molecule is CCNc1ncc(C(=O)N2CCC(C)C(O)C2)cc1Cl. The predicted octanol–water partition coefficient (Wildman–Crippen LogP) is 2.01. The average molecular weight is 298 g/mol. The lowest BCUT2D eigenvalue weighted by Gasteiger charge is -2.34. The summed E-state index contributed by atoms with van der Waals surface area (Å²) in [5.41, 5.74) is 0.457. The van der Waals surface area contributed by atoms with E-state index < -0.39 is 6.10 Å². The molecule has 2 N–H and O–H groups in total. The lowest BCUT2D eigenvalue weighted by molar-refractivity contribution is 0.0248. The quantitative estimate of drug-likeness (QED) is 0.896. The van der Waals surface area contributed by atoms with E-state index in [0.29, 0.717) is 29.5 Å². The Balaban J connectivity index is 2.11. The van der Waals surface area contributed by atoms with E-state index in [1.807, 2.05) is 13.8 Å². The van der Waals surface area contributed by atoms with Crippen molar-refractivity contribution in [3.63, 3.8) is 0 Å². The van der Waals surface area contributed by atoms with Crippen molar-refractivity contribution in [3.05, 3.63) is 22.8 Å². The lowest BCUT2D eigenvalue weighted by atomic mass is 9.95. The minimum absolute atomic E-state index is 0.131. The van der Waals surface area contributed by atoms with Gasteiger partial charge < -0.3 is 15.3 Å². The Labute approximate surface area is 123 Å². The molecular weight excluding hydrogens is 278 g/mol. The number of carbonyl (C=O) groups excluding carboxylic acids is 1. The zero-order chi connectivity index (χ0) is 14.7. The number of aromatic nitrogens is 1. The molecule has 0 aliphatic carbocycles. The van der Waals surface area contributed by atoms with Gasteiger partial charge in [-0.15, -0.1) is 0 Å². The fourth-order valence-corrected chi connectivity index (χ4v) is 2.50. The summed E-state index contributed by atoms with van der Waals surface area (Å²) in [4.78, 5) is 18.2. The molecule has 6 heteroatoms. The molecule has 0 bridgehead atoms. The molecule has 1 aromatic heterocycles. The molecule has 0 aromatic carbocycles. The number of nitrogens with zero attached hydrogens (tertiary/aromatic N) is 2.